The molecule has 1 aromatic carbocycles. The number of anilines is 1. The third kappa shape index (κ3) is 3.05. The first-order valence-electron chi connectivity index (χ1n) is 9.55. The molecule has 8 heteroatoms. The molecule has 2 aliphatic rings. The van der Waals surface area contributed by atoms with Gasteiger partial charge in [0.05, 0.1) is 23.4 Å². The van der Waals surface area contributed by atoms with E-state index in [2.05, 4.69) is 30.8 Å². The Hall–Kier alpha value is -2.55. The SMILES string of the molecule is NC1CC(C2CCN(c3ncnc4c3cnn4-c3ccccc3)CC2)NN1. The zero-order valence-electron chi connectivity index (χ0n) is 15.1. The van der Waals surface area contributed by atoms with Gasteiger partial charge in [-0.3, -0.25) is 5.43 Å². The third-order valence-corrected chi connectivity index (χ3v) is 5.72. The minimum Gasteiger partial charge on any atom is -0.356 e. The largest absolute Gasteiger partial charge is 0.356 e. The number of hydrazine groups is 1. The van der Waals surface area contributed by atoms with Crippen LogP contribution in [-0.2, 0) is 0 Å². The van der Waals surface area contributed by atoms with Crippen LogP contribution in [0.2, 0.25) is 0 Å². The number of nitrogens with two attached hydrogens (primary N) is 1. The highest BCUT2D eigenvalue weighted by molar-refractivity contribution is 5.87. The van der Waals surface area contributed by atoms with Gasteiger partial charge in [-0.15, -0.1) is 0 Å². The van der Waals surface area contributed by atoms with Crippen molar-refractivity contribution in [1.82, 2.24) is 30.6 Å². The van der Waals surface area contributed by atoms with Crippen molar-refractivity contribution in [2.75, 3.05) is 18.0 Å². The van der Waals surface area contributed by atoms with Crippen LogP contribution in [0.1, 0.15) is 19.3 Å². The first-order valence-corrected chi connectivity index (χ1v) is 9.55. The number of nitrogens with zero attached hydrogens (tertiary/aromatic N) is 5. The summed E-state index contributed by atoms with van der Waals surface area (Å²) in [4.78, 5) is 11.4. The molecule has 5 rings (SSSR count). The van der Waals surface area contributed by atoms with Gasteiger partial charge in [0.25, 0.3) is 0 Å². The van der Waals surface area contributed by atoms with Crippen molar-refractivity contribution >= 4 is 16.9 Å². The van der Waals surface area contributed by atoms with Crippen LogP contribution in [0.15, 0.2) is 42.9 Å². The Morgan fingerprint density at radius 1 is 1.04 bits per heavy atom. The van der Waals surface area contributed by atoms with Crippen molar-refractivity contribution < 1.29 is 0 Å². The van der Waals surface area contributed by atoms with Gasteiger partial charge >= 0.3 is 0 Å². The van der Waals surface area contributed by atoms with Crippen molar-refractivity contribution in [1.29, 1.82) is 0 Å². The summed E-state index contributed by atoms with van der Waals surface area (Å²) in [7, 11) is 0. The zero-order chi connectivity index (χ0) is 18.2. The number of piperidine rings is 1. The molecule has 4 N–H and O–H groups in total. The second-order valence-corrected chi connectivity index (χ2v) is 7.39. The Kier molecular flexibility index (Phi) is 4.23. The van der Waals surface area contributed by atoms with Gasteiger partial charge in [0, 0.05) is 19.1 Å². The summed E-state index contributed by atoms with van der Waals surface area (Å²) in [6.07, 6.45) is 6.84. The fraction of sp³-hybridized carbons (Fsp3) is 0.421. The van der Waals surface area contributed by atoms with E-state index in [9.17, 15) is 0 Å². The maximum Gasteiger partial charge on any atom is 0.168 e. The lowest BCUT2D eigenvalue weighted by Crippen LogP contribution is -2.43. The molecule has 0 aliphatic carbocycles. The fourth-order valence-corrected chi connectivity index (χ4v) is 4.27. The van der Waals surface area contributed by atoms with Gasteiger partial charge < -0.3 is 10.6 Å². The molecule has 8 nitrogen and oxygen atoms in total. The molecule has 0 spiro atoms. The van der Waals surface area contributed by atoms with Crippen LogP contribution in [-0.4, -0.2) is 45.0 Å². The monoisotopic (exact) mass is 364 g/mol. The highest BCUT2D eigenvalue weighted by atomic mass is 15.4. The molecule has 2 aromatic heterocycles. The summed E-state index contributed by atoms with van der Waals surface area (Å²) in [5.74, 6) is 1.63. The molecule has 0 radical (unpaired) electrons. The van der Waals surface area contributed by atoms with Crippen molar-refractivity contribution in [2.24, 2.45) is 11.7 Å². The van der Waals surface area contributed by atoms with E-state index in [4.69, 9.17) is 5.73 Å². The maximum absolute atomic E-state index is 5.95. The second-order valence-electron chi connectivity index (χ2n) is 7.39. The number of benzene rings is 1. The molecule has 2 atom stereocenters. The van der Waals surface area contributed by atoms with Gasteiger partial charge in [0.1, 0.15) is 12.1 Å². The average Bonchev–Trinajstić information content (AvgIpc) is 3.35. The van der Waals surface area contributed by atoms with Gasteiger partial charge in [0.15, 0.2) is 5.65 Å². The van der Waals surface area contributed by atoms with E-state index in [0.717, 1.165) is 54.9 Å². The molecule has 2 saturated heterocycles. The summed E-state index contributed by atoms with van der Waals surface area (Å²) in [5.41, 5.74) is 14.3. The highest BCUT2D eigenvalue weighted by Gasteiger charge is 2.32. The molecule has 0 amide bonds. The van der Waals surface area contributed by atoms with Crippen molar-refractivity contribution in [3.05, 3.63) is 42.9 Å². The molecular formula is C19H24N8. The Bertz CT molecular complexity index is 916. The summed E-state index contributed by atoms with van der Waals surface area (Å²) in [5, 5.41) is 5.56. The van der Waals surface area contributed by atoms with Crippen LogP contribution >= 0.6 is 0 Å². The molecule has 0 bridgehead atoms. The fourth-order valence-electron chi connectivity index (χ4n) is 4.27. The molecule has 2 aliphatic heterocycles. The standard InChI is InChI=1S/C19H24N8/c20-17-10-16(24-25-17)13-6-8-26(9-7-13)18-15-11-23-27(19(15)22-12-21-18)14-4-2-1-3-5-14/h1-5,11-13,16-17,24-25H,6-10,20H2. The Labute approximate surface area is 157 Å². The highest BCUT2D eigenvalue weighted by Crippen LogP contribution is 2.30. The Morgan fingerprint density at radius 2 is 1.85 bits per heavy atom. The molecule has 2 fully saturated rings. The van der Waals surface area contributed by atoms with E-state index in [1.54, 1.807) is 6.33 Å². The number of aromatic nitrogens is 4. The molecular weight excluding hydrogens is 340 g/mol. The topological polar surface area (TPSA) is 96.9 Å². The summed E-state index contributed by atoms with van der Waals surface area (Å²) in [6, 6.07) is 10.6. The lowest BCUT2D eigenvalue weighted by molar-refractivity contribution is 0.310. The predicted octanol–water partition coefficient (Wildman–Crippen LogP) is 1.18. The van der Waals surface area contributed by atoms with Crippen LogP contribution in [0, 0.1) is 5.92 Å². The van der Waals surface area contributed by atoms with Crippen LogP contribution in [0.3, 0.4) is 0 Å². The smallest absolute Gasteiger partial charge is 0.168 e. The minimum absolute atomic E-state index is 0.0679. The van der Waals surface area contributed by atoms with Gasteiger partial charge in [0.2, 0.25) is 0 Å². The van der Waals surface area contributed by atoms with Gasteiger partial charge in [-0.2, -0.15) is 5.10 Å². The summed E-state index contributed by atoms with van der Waals surface area (Å²) >= 11 is 0. The van der Waals surface area contributed by atoms with Gasteiger partial charge in [-0.25, -0.2) is 20.1 Å². The van der Waals surface area contributed by atoms with Crippen LogP contribution in [0.4, 0.5) is 5.82 Å². The number of fused-ring (bicyclic) bond motifs is 1. The quantitative estimate of drug-likeness (QED) is 0.642. The summed E-state index contributed by atoms with van der Waals surface area (Å²) in [6.45, 7) is 1.97. The summed E-state index contributed by atoms with van der Waals surface area (Å²) < 4.78 is 1.88. The van der Waals surface area contributed by atoms with E-state index in [-0.39, 0.29) is 6.17 Å². The molecule has 2 unspecified atom stereocenters. The van der Waals surface area contributed by atoms with Crippen LogP contribution in [0.5, 0.6) is 0 Å². The predicted molar refractivity (Wildman–Crippen MR) is 104 cm³/mol. The van der Waals surface area contributed by atoms with Gasteiger partial charge in [-0.05, 0) is 37.3 Å². The van der Waals surface area contributed by atoms with Crippen molar-refractivity contribution in [2.45, 2.75) is 31.5 Å². The van der Waals surface area contributed by atoms with Gasteiger partial charge in [-0.1, -0.05) is 18.2 Å². The number of rotatable bonds is 3. The lowest BCUT2D eigenvalue weighted by Gasteiger charge is -2.35. The van der Waals surface area contributed by atoms with E-state index < -0.39 is 0 Å². The maximum atomic E-state index is 5.95. The Morgan fingerprint density at radius 3 is 2.59 bits per heavy atom. The number of hydrogen-bond acceptors (Lipinski definition) is 7. The molecule has 4 heterocycles. The molecule has 0 saturated carbocycles. The third-order valence-electron chi connectivity index (χ3n) is 5.72. The van der Waals surface area contributed by atoms with E-state index in [1.807, 2.05) is 41.2 Å². The molecule has 3 aromatic rings. The van der Waals surface area contributed by atoms with E-state index in [0.29, 0.717) is 12.0 Å². The second kappa shape index (κ2) is 6.88. The Balaban J connectivity index is 1.38. The molecule has 27 heavy (non-hydrogen) atoms. The first-order chi connectivity index (χ1) is 13.3. The van der Waals surface area contributed by atoms with E-state index >= 15 is 0 Å². The van der Waals surface area contributed by atoms with E-state index in [1.165, 1.54) is 0 Å². The van der Waals surface area contributed by atoms with Crippen LogP contribution in [0.25, 0.3) is 16.7 Å². The average molecular weight is 364 g/mol. The normalized spacial score (nSPS) is 24.0. The zero-order valence-corrected chi connectivity index (χ0v) is 15.1. The van der Waals surface area contributed by atoms with Crippen LogP contribution < -0.4 is 21.5 Å². The number of para-hydroxylation sites is 1. The number of nitrogens with one attached hydrogen (secondary N) is 2. The van der Waals surface area contributed by atoms with Crippen molar-refractivity contribution in [3.63, 3.8) is 0 Å². The number of hydrogen-bond donors (Lipinski definition) is 3. The lowest BCUT2D eigenvalue weighted by atomic mass is 9.88. The minimum atomic E-state index is 0.0679. The molecule has 140 valence electrons. The van der Waals surface area contributed by atoms with Crippen molar-refractivity contribution in [3.8, 4) is 5.69 Å². The first kappa shape index (κ1) is 16.6.